The highest BCUT2D eigenvalue weighted by Gasteiger charge is 2.43. The smallest absolute Gasteiger partial charge is 0.230 e. The molecule has 1 heterocycles. The van der Waals surface area contributed by atoms with Gasteiger partial charge in [0.1, 0.15) is 0 Å². The standard InChI is InChI=1S/C10H19O2Si2/c1-14(2,12-13)6-5-8-3-4-9-10(7-8)11-9/h8-10H,3-7H2,1-2H3. The van der Waals surface area contributed by atoms with Gasteiger partial charge in [-0.1, -0.05) is 6.42 Å². The minimum Gasteiger partial charge on any atom is -0.457 e. The fraction of sp³-hybridized carbons (Fsp3) is 1.00. The zero-order chi connectivity index (χ0) is 10.2. The summed E-state index contributed by atoms with van der Waals surface area (Å²) in [6.45, 7) is 4.53. The molecule has 1 saturated carbocycles. The van der Waals surface area contributed by atoms with Crippen LogP contribution in [-0.2, 0) is 8.85 Å². The molecule has 0 N–H and O–H groups in total. The molecule has 14 heavy (non-hydrogen) atoms. The summed E-state index contributed by atoms with van der Waals surface area (Å²) in [5, 5.41) is 0. The van der Waals surface area contributed by atoms with E-state index in [-0.39, 0.29) is 0 Å². The van der Waals surface area contributed by atoms with Gasteiger partial charge in [0.25, 0.3) is 0 Å². The molecular formula is C10H19O2Si2. The van der Waals surface area contributed by atoms with Crippen molar-refractivity contribution in [3.63, 3.8) is 0 Å². The molecule has 1 saturated heterocycles. The lowest BCUT2D eigenvalue weighted by Gasteiger charge is -2.25. The number of epoxide rings is 1. The molecule has 1 aliphatic carbocycles. The van der Waals surface area contributed by atoms with Crippen LogP contribution in [0, 0.1) is 5.92 Å². The lowest BCUT2D eigenvalue weighted by atomic mass is 9.88. The summed E-state index contributed by atoms with van der Waals surface area (Å²) < 4.78 is 10.9. The molecule has 0 aromatic carbocycles. The highest BCUT2D eigenvalue weighted by Crippen LogP contribution is 2.41. The Morgan fingerprint density at radius 2 is 2.14 bits per heavy atom. The summed E-state index contributed by atoms with van der Waals surface area (Å²) in [5.74, 6) is 0.896. The molecule has 3 atom stereocenters. The van der Waals surface area contributed by atoms with E-state index in [1.165, 1.54) is 31.7 Å². The van der Waals surface area contributed by atoms with Gasteiger partial charge in [-0.25, -0.2) is 0 Å². The van der Waals surface area contributed by atoms with E-state index in [2.05, 4.69) is 23.6 Å². The molecule has 0 aromatic rings. The first-order valence-electron chi connectivity index (χ1n) is 5.61. The van der Waals surface area contributed by atoms with Crippen LogP contribution in [0.1, 0.15) is 25.7 Å². The summed E-state index contributed by atoms with van der Waals surface area (Å²) in [6.07, 6.45) is 6.57. The number of rotatable bonds is 4. The molecule has 2 rings (SSSR count). The second kappa shape index (κ2) is 4.08. The lowest BCUT2D eigenvalue weighted by molar-refractivity contribution is 0.355. The SMILES string of the molecule is C[Si](C)(CCC1CCC2OC2C1)O[Si]. The number of hydrogen-bond donors (Lipinski definition) is 0. The van der Waals surface area contributed by atoms with E-state index in [9.17, 15) is 0 Å². The lowest BCUT2D eigenvalue weighted by Crippen LogP contribution is -2.30. The summed E-state index contributed by atoms with van der Waals surface area (Å²) in [6, 6.07) is 1.26. The Labute approximate surface area is 91.0 Å². The van der Waals surface area contributed by atoms with Crippen LogP contribution in [0.25, 0.3) is 0 Å². The summed E-state index contributed by atoms with van der Waals surface area (Å²) in [7, 11) is 1.80. The van der Waals surface area contributed by atoms with Crippen molar-refractivity contribution >= 4 is 18.8 Å². The van der Waals surface area contributed by atoms with Gasteiger partial charge in [0.15, 0.2) is 8.32 Å². The summed E-state index contributed by atoms with van der Waals surface area (Å²) in [5.41, 5.74) is 0. The van der Waals surface area contributed by atoms with Gasteiger partial charge in [0.2, 0.25) is 10.5 Å². The quantitative estimate of drug-likeness (QED) is 0.543. The maximum atomic E-state index is 5.54. The third-order valence-corrected chi connectivity index (χ3v) is 7.25. The highest BCUT2D eigenvalue weighted by molar-refractivity contribution is 6.73. The topological polar surface area (TPSA) is 21.8 Å². The van der Waals surface area contributed by atoms with Gasteiger partial charge in [0.05, 0.1) is 12.2 Å². The maximum absolute atomic E-state index is 5.54. The van der Waals surface area contributed by atoms with E-state index in [1.54, 1.807) is 0 Å². The zero-order valence-electron chi connectivity index (χ0n) is 9.08. The van der Waals surface area contributed by atoms with Crippen molar-refractivity contribution in [1.29, 1.82) is 0 Å². The van der Waals surface area contributed by atoms with Crippen LogP contribution >= 0.6 is 0 Å². The Balaban J connectivity index is 1.70. The predicted octanol–water partition coefficient (Wildman–Crippen LogP) is 2.25. The van der Waals surface area contributed by atoms with Crippen LogP contribution in [0.5, 0.6) is 0 Å². The van der Waals surface area contributed by atoms with Crippen molar-refractivity contribution in [2.24, 2.45) is 5.92 Å². The molecule has 3 radical (unpaired) electrons. The van der Waals surface area contributed by atoms with Crippen LogP contribution in [0.3, 0.4) is 0 Å². The van der Waals surface area contributed by atoms with Gasteiger partial charge in [-0.05, 0) is 44.3 Å². The molecule has 1 aliphatic heterocycles. The van der Waals surface area contributed by atoms with Crippen molar-refractivity contribution in [3.8, 4) is 0 Å². The minimum absolute atomic E-state index is 0.628. The Morgan fingerprint density at radius 3 is 2.79 bits per heavy atom. The van der Waals surface area contributed by atoms with Crippen LogP contribution in [0.2, 0.25) is 19.1 Å². The van der Waals surface area contributed by atoms with Crippen molar-refractivity contribution < 1.29 is 8.85 Å². The number of hydrogen-bond acceptors (Lipinski definition) is 2. The Kier molecular flexibility index (Phi) is 3.16. The molecular weight excluding hydrogens is 208 g/mol. The number of ether oxygens (including phenoxy) is 1. The monoisotopic (exact) mass is 227 g/mol. The van der Waals surface area contributed by atoms with Crippen LogP contribution in [0.15, 0.2) is 0 Å². The average Bonchev–Trinajstić information content (AvgIpc) is 2.93. The summed E-state index contributed by atoms with van der Waals surface area (Å²) >= 11 is 0. The van der Waals surface area contributed by atoms with Crippen molar-refractivity contribution in [2.45, 2.75) is 57.0 Å². The first-order valence-corrected chi connectivity index (χ1v) is 9.13. The molecule has 4 heteroatoms. The van der Waals surface area contributed by atoms with Crippen LogP contribution in [-0.4, -0.2) is 31.0 Å². The molecule has 0 spiro atoms. The van der Waals surface area contributed by atoms with Crippen molar-refractivity contribution in [3.05, 3.63) is 0 Å². The normalized spacial score (nSPS) is 36.6. The zero-order valence-corrected chi connectivity index (χ0v) is 11.1. The van der Waals surface area contributed by atoms with E-state index in [0.29, 0.717) is 12.2 Å². The molecule has 3 unspecified atom stereocenters. The third kappa shape index (κ3) is 2.69. The third-order valence-electron chi connectivity index (χ3n) is 3.54. The minimum atomic E-state index is -1.40. The van der Waals surface area contributed by atoms with Gasteiger partial charge in [-0.2, -0.15) is 0 Å². The van der Waals surface area contributed by atoms with E-state index >= 15 is 0 Å². The Morgan fingerprint density at radius 1 is 1.36 bits per heavy atom. The Bertz CT molecular complexity index is 208. The molecule has 2 aliphatic rings. The first-order chi connectivity index (χ1) is 6.61. The number of fused-ring (bicyclic) bond motifs is 1. The highest BCUT2D eigenvalue weighted by atomic mass is 28.4. The molecule has 0 bridgehead atoms. The van der Waals surface area contributed by atoms with Crippen LogP contribution in [0.4, 0.5) is 0 Å². The summed E-state index contributed by atoms with van der Waals surface area (Å²) in [4.78, 5) is 0. The molecule has 2 nitrogen and oxygen atoms in total. The second-order valence-electron chi connectivity index (χ2n) is 5.29. The average molecular weight is 227 g/mol. The van der Waals surface area contributed by atoms with Gasteiger partial charge in [-0.3, -0.25) is 0 Å². The van der Waals surface area contributed by atoms with Crippen LogP contribution < -0.4 is 0 Å². The largest absolute Gasteiger partial charge is 0.457 e. The molecule has 0 aromatic heterocycles. The van der Waals surface area contributed by atoms with Gasteiger partial charge >= 0.3 is 0 Å². The van der Waals surface area contributed by atoms with Crippen molar-refractivity contribution in [1.82, 2.24) is 0 Å². The first kappa shape index (κ1) is 10.9. The maximum Gasteiger partial charge on any atom is 0.230 e. The fourth-order valence-electron chi connectivity index (χ4n) is 2.35. The second-order valence-corrected chi connectivity index (χ2v) is 10.1. The predicted molar refractivity (Wildman–Crippen MR) is 59.7 cm³/mol. The molecule has 0 amide bonds. The van der Waals surface area contributed by atoms with Gasteiger partial charge in [0, 0.05) is 0 Å². The molecule has 2 fully saturated rings. The van der Waals surface area contributed by atoms with E-state index in [4.69, 9.17) is 8.85 Å². The molecule has 79 valence electrons. The van der Waals surface area contributed by atoms with E-state index in [0.717, 1.165) is 5.92 Å². The van der Waals surface area contributed by atoms with E-state index in [1.807, 2.05) is 0 Å². The van der Waals surface area contributed by atoms with Crippen molar-refractivity contribution in [2.75, 3.05) is 0 Å². The van der Waals surface area contributed by atoms with E-state index < -0.39 is 8.32 Å². The van der Waals surface area contributed by atoms with Gasteiger partial charge < -0.3 is 8.85 Å². The fourth-order valence-corrected chi connectivity index (χ4v) is 3.86. The van der Waals surface area contributed by atoms with Gasteiger partial charge in [-0.15, -0.1) is 0 Å². The Hall–Kier alpha value is 0.354.